The maximum Gasteiger partial charge on any atom is 0.186 e. The van der Waals surface area contributed by atoms with E-state index in [0.29, 0.717) is 6.42 Å². The molecule has 1 saturated heterocycles. The van der Waals surface area contributed by atoms with Crippen molar-refractivity contribution in [2.45, 2.75) is 51.1 Å². The molecule has 0 radical (unpaired) electrons. The van der Waals surface area contributed by atoms with Gasteiger partial charge in [-0.05, 0) is 33.3 Å². The first kappa shape index (κ1) is 12.8. The lowest BCUT2D eigenvalue weighted by Gasteiger charge is -2.34. The van der Waals surface area contributed by atoms with Crippen molar-refractivity contribution in [2.75, 3.05) is 0 Å². The van der Waals surface area contributed by atoms with E-state index in [4.69, 9.17) is 9.83 Å². The van der Waals surface area contributed by atoms with E-state index in [0.717, 1.165) is 11.3 Å². The van der Waals surface area contributed by atoms with Gasteiger partial charge >= 0.3 is 0 Å². The summed E-state index contributed by atoms with van der Waals surface area (Å²) in [5, 5.41) is 12.0. The van der Waals surface area contributed by atoms with E-state index >= 15 is 0 Å². The maximum absolute atomic E-state index is 10.1. The van der Waals surface area contributed by atoms with Gasteiger partial charge in [-0.1, -0.05) is 30.3 Å². The van der Waals surface area contributed by atoms with Crippen LogP contribution in [0.3, 0.4) is 0 Å². The second kappa shape index (κ2) is 3.66. The Labute approximate surface area is 113 Å². The van der Waals surface area contributed by atoms with E-state index in [9.17, 15) is 5.11 Å². The average Bonchev–Trinajstić information content (AvgIpc) is 2.67. The summed E-state index contributed by atoms with van der Waals surface area (Å²) < 4.78 is 0. The van der Waals surface area contributed by atoms with Crippen molar-refractivity contribution in [3.8, 4) is 0 Å². The van der Waals surface area contributed by atoms with E-state index in [2.05, 4.69) is 26.0 Å². The van der Waals surface area contributed by atoms with Crippen LogP contribution < -0.4 is 0 Å². The highest BCUT2D eigenvalue weighted by atomic mass is 16.8. The van der Waals surface area contributed by atoms with Crippen LogP contribution in [0, 0.1) is 0 Å². The van der Waals surface area contributed by atoms with Crippen LogP contribution in [0.25, 0.3) is 0 Å². The van der Waals surface area contributed by atoms with Gasteiger partial charge in [-0.2, -0.15) is 0 Å². The molecule has 0 spiro atoms. The van der Waals surface area contributed by atoms with Gasteiger partial charge in [0, 0.05) is 6.42 Å². The molecule has 0 bridgehead atoms. The number of hydroxylamine groups is 2. The molecule has 1 fully saturated rings. The molecule has 4 nitrogen and oxygen atoms in total. The van der Waals surface area contributed by atoms with Gasteiger partial charge in [0.15, 0.2) is 5.79 Å². The van der Waals surface area contributed by atoms with E-state index in [1.54, 1.807) is 6.92 Å². The monoisotopic (exact) mass is 260 g/mol. The summed E-state index contributed by atoms with van der Waals surface area (Å²) in [6.45, 7) is 7.84. The van der Waals surface area contributed by atoms with Crippen LogP contribution in [-0.2, 0) is 4.84 Å². The van der Waals surface area contributed by atoms with Crippen molar-refractivity contribution in [1.29, 1.82) is 0 Å². The van der Waals surface area contributed by atoms with Gasteiger partial charge in [0.1, 0.15) is 5.66 Å². The van der Waals surface area contributed by atoms with Gasteiger partial charge in [-0.15, -0.1) is 5.06 Å². The van der Waals surface area contributed by atoms with Gasteiger partial charge in [0.2, 0.25) is 0 Å². The Bertz CT molecular complexity index is 536. The van der Waals surface area contributed by atoms with Gasteiger partial charge in [-0.25, -0.2) is 0 Å². The molecular formula is C15H20N2O2. The first-order chi connectivity index (χ1) is 8.75. The molecule has 1 aromatic rings. The molecule has 1 N–H and O–H groups in total. The predicted octanol–water partition coefficient (Wildman–Crippen LogP) is 2.33. The minimum atomic E-state index is -1.14. The lowest BCUT2D eigenvalue weighted by atomic mass is 9.93. The minimum absolute atomic E-state index is 0.364. The summed E-state index contributed by atoms with van der Waals surface area (Å²) in [4.78, 5) is 10.6. The standard InChI is InChI=1S/C15H20N2O2/c1-13(2)12(11-8-6-5-7-9-11)16-14(3)10-15(4,18)19-17(13)14/h5-9,18H,10H2,1-4H3. The number of fused-ring (bicyclic) bond motifs is 1. The summed E-state index contributed by atoms with van der Waals surface area (Å²) in [7, 11) is 0. The van der Waals surface area contributed by atoms with Crippen LogP contribution in [0.5, 0.6) is 0 Å². The fourth-order valence-electron chi connectivity index (χ4n) is 3.31. The summed E-state index contributed by atoms with van der Waals surface area (Å²) in [5.41, 5.74) is 1.24. The molecule has 0 amide bonds. The smallest absolute Gasteiger partial charge is 0.186 e. The number of hydrogen-bond acceptors (Lipinski definition) is 4. The highest BCUT2D eigenvalue weighted by Crippen LogP contribution is 2.48. The van der Waals surface area contributed by atoms with Crippen LogP contribution in [0.1, 0.15) is 39.7 Å². The number of aliphatic hydroxyl groups is 1. The molecule has 19 heavy (non-hydrogen) atoms. The fourth-order valence-corrected chi connectivity index (χ4v) is 3.31. The topological polar surface area (TPSA) is 45.1 Å². The fraction of sp³-hybridized carbons (Fsp3) is 0.533. The van der Waals surface area contributed by atoms with Crippen molar-refractivity contribution in [1.82, 2.24) is 5.06 Å². The molecule has 2 atom stereocenters. The SMILES string of the molecule is CC1(O)CC2(C)N=C(c3ccccc3)C(C)(C)N2O1. The van der Waals surface area contributed by atoms with E-state index in [1.165, 1.54) is 0 Å². The number of aliphatic imine (C=N–C) groups is 1. The molecule has 4 heteroatoms. The van der Waals surface area contributed by atoms with Crippen molar-refractivity contribution in [2.24, 2.45) is 4.99 Å². The second-order valence-corrected chi connectivity index (χ2v) is 6.34. The van der Waals surface area contributed by atoms with Crippen LogP contribution >= 0.6 is 0 Å². The molecule has 3 rings (SSSR count). The first-order valence-electron chi connectivity index (χ1n) is 6.62. The molecule has 2 unspecified atom stereocenters. The lowest BCUT2D eigenvalue weighted by Crippen LogP contribution is -2.49. The van der Waals surface area contributed by atoms with Crippen molar-refractivity contribution in [3.05, 3.63) is 35.9 Å². The molecule has 2 heterocycles. The third-order valence-corrected chi connectivity index (χ3v) is 3.88. The Balaban J connectivity index is 2.07. The van der Waals surface area contributed by atoms with E-state index in [-0.39, 0.29) is 5.54 Å². The third kappa shape index (κ3) is 1.83. The molecule has 102 valence electrons. The first-order valence-corrected chi connectivity index (χ1v) is 6.62. The number of hydrogen-bond donors (Lipinski definition) is 1. The molecule has 1 aromatic carbocycles. The van der Waals surface area contributed by atoms with Gasteiger partial charge in [-0.3, -0.25) is 9.83 Å². The summed E-state index contributed by atoms with van der Waals surface area (Å²) in [6, 6.07) is 10.1. The van der Waals surface area contributed by atoms with Crippen molar-refractivity contribution in [3.63, 3.8) is 0 Å². The molecule has 2 aliphatic rings. The van der Waals surface area contributed by atoms with Crippen LogP contribution in [0.4, 0.5) is 0 Å². The Morgan fingerprint density at radius 2 is 1.79 bits per heavy atom. The number of nitrogens with zero attached hydrogens (tertiary/aromatic N) is 2. The lowest BCUT2D eigenvalue weighted by molar-refractivity contribution is -0.300. The predicted molar refractivity (Wildman–Crippen MR) is 73.6 cm³/mol. The summed E-state index contributed by atoms with van der Waals surface area (Å²) >= 11 is 0. The van der Waals surface area contributed by atoms with E-state index < -0.39 is 11.4 Å². The maximum atomic E-state index is 10.1. The van der Waals surface area contributed by atoms with Crippen LogP contribution in [0.15, 0.2) is 35.3 Å². The van der Waals surface area contributed by atoms with Gasteiger partial charge in [0.05, 0.1) is 11.3 Å². The second-order valence-electron chi connectivity index (χ2n) is 6.34. The normalized spacial score (nSPS) is 37.2. The zero-order valence-electron chi connectivity index (χ0n) is 11.8. The Morgan fingerprint density at radius 1 is 1.16 bits per heavy atom. The Morgan fingerprint density at radius 3 is 2.37 bits per heavy atom. The average molecular weight is 260 g/mol. The molecule has 0 aromatic heterocycles. The number of benzene rings is 1. The highest BCUT2D eigenvalue weighted by Gasteiger charge is 2.60. The summed E-state index contributed by atoms with van der Waals surface area (Å²) in [5.74, 6) is -1.14. The minimum Gasteiger partial charge on any atom is -0.364 e. The van der Waals surface area contributed by atoms with Crippen molar-refractivity contribution >= 4 is 5.71 Å². The molecular weight excluding hydrogens is 240 g/mol. The zero-order valence-corrected chi connectivity index (χ0v) is 11.8. The number of rotatable bonds is 1. The van der Waals surface area contributed by atoms with E-state index in [1.807, 2.05) is 30.2 Å². The molecule has 0 saturated carbocycles. The van der Waals surface area contributed by atoms with Gasteiger partial charge < -0.3 is 5.11 Å². The Kier molecular flexibility index (Phi) is 2.46. The highest BCUT2D eigenvalue weighted by molar-refractivity contribution is 6.08. The molecule has 2 aliphatic heterocycles. The quantitative estimate of drug-likeness (QED) is 0.843. The summed E-state index contributed by atoms with van der Waals surface area (Å²) in [6.07, 6.45) is 0.472. The largest absolute Gasteiger partial charge is 0.364 e. The van der Waals surface area contributed by atoms with Crippen molar-refractivity contribution < 1.29 is 9.94 Å². The molecule has 0 aliphatic carbocycles. The van der Waals surface area contributed by atoms with Gasteiger partial charge in [0.25, 0.3) is 0 Å². The van der Waals surface area contributed by atoms with Crippen LogP contribution in [0.2, 0.25) is 0 Å². The van der Waals surface area contributed by atoms with Crippen LogP contribution in [-0.4, -0.2) is 32.9 Å². The third-order valence-electron chi connectivity index (χ3n) is 3.88. The zero-order chi connectivity index (χ0) is 13.9. The Hall–Kier alpha value is -1.23.